The fourth-order valence-electron chi connectivity index (χ4n) is 2.03. The van der Waals surface area contributed by atoms with Crippen LogP contribution in [0.2, 0.25) is 0 Å². The number of benzene rings is 1. The molecule has 4 heteroatoms. The number of nitrogens with zero attached hydrogens (tertiary/aromatic N) is 1. The van der Waals surface area contributed by atoms with Crippen molar-refractivity contribution >= 4 is 22.5 Å². The first-order valence-electron chi connectivity index (χ1n) is 6.85. The Bertz CT molecular complexity index is 428. The van der Waals surface area contributed by atoms with E-state index in [4.69, 9.17) is 14.5 Å². The van der Waals surface area contributed by atoms with E-state index in [2.05, 4.69) is 18.2 Å². The summed E-state index contributed by atoms with van der Waals surface area (Å²) in [5.74, 6) is 1.02. The van der Waals surface area contributed by atoms with Gasteiger partial charge in [0.05, 0.1) is 10.7 Å². The van der Waals surface area contributed by atoms with Crippen LogP contribution in [0.5, 0.6) is 0 Å². The van der Waals surface area contributed by atoms with E-state index in [9.17, 15) is 0 Å². The second kappa shape index (κ2) is 7.68. The third kappa shape index (κ3) is 4.34. The van der Waals surface area contributed by atoms with Gasteiger partial charge in [-0.25, -0.2) is 4.99 Å². The van der Waals surface area contributed by atoms with Gasteiger partial charge in [0, 0.05) is 31.8 Å². The highest BCUT2D eigenvalue weighted by Gasteiger charge is 2.14. The van der Waals surface area contributed by atoms with Crippen molar-refractivity contribution in [3.05, 3.63) is 29.8 Å². The molecule has 1 aliphatic rings. The third-order valence-corrected chi connectivity index (χ3v) is 4.01. The lowest BCUT2D eigenvalue weighted by molar-refractivity contribution is -0.138. The molecule has 0 fully saturated rings. The molecule has 0 atom stereocenters. The molecule has 3 nitrogen and oxygen atoms in total. The van der Waals surface area contributed by atoms with Crippen LogP contribution in [0.25, 0.3) is 0 Å². The summed E-state index contributed by atoms with van der Waals surface area (Å²) in [4.78, 5) is 4.71. The zero-order valence-corrected chi connectivity index (χ0v) is 12.4. The number of thioether (sulfide) groups is 1. The molecule has 0 aliphatic carbocycles. The van der Waals surface area contributed by atoms with Gasteiger partial charge in [0.25, 0.3) is 0 Å². The molecule has 0 N–H and O–H groups in total. The summed E-state index contributed by atoms with van der Waals surface area (Å²) in [5.41, 5.74) is 2.43. The van der Waals surface area contributed by atoms with Crippen LogP contribution in [0, 0.1) is 0 Å². The molecule has 0 spiro atoms. The minimum atomic E-state index is -0.101. The van der Waals surface area contributed by atoms with Crippen molar-refractivity contribution in [3.63, 3.8) is 0 Å². The first-order chi connectivity index (χ1) is 9.33. The average molecular weight is 279 g/mol. The van der Waals surface area contributed by atoms with Crippen molar-refractivity contribution in [1.82, 2.24) is 0 Å². The van der Waals surface area contributed by atoms with Crippen LogP contribution < -0.4 is 0 Å². The van der Waals surface area contributed by atoms with Gasteiger partial charge in [-0.05, 0) is 25.5 Å². The normalized spacial score (nSPS) is 14.4. The highest BCUT2D eigenvalue weighted by atomic mass is 32.2. The Morgan fingerprint density at radius 1 is 1.21 bits per heavy atom. The average Bonchev–Trinajstić information content (AvgIpc) is 2.45. The maximum atomic E-state index is 5.56. The Morgan fingerprint density at radius 2 is 1.95 bits per heavy atom. The number of fused-ring (bicyclic) bond motifs is 1. The molecule has 0 saturated carbocycles. The lowest BCUT2D eigenvalue weighted by Gasteiger charge is -2.19. The maximum absolute atomic E-state index is 5.56. The largest absolute Gasteiger partial charge is 0.353 e. The highest BCUT2D eigenvalue weighted by molar-refractivity contribution is 8.13. The highest BCUT2D eigenvalue weighted by Crippen LogP contribution is 2.32. The lowest BCUT2D eigenvalue weighted by atomic mass is 10.2. The van der Waals surface area contributed by atoms with Crippen LogP contribution >= 0.6 is 11.8 Å². The molecule has 0 aromatic heterocycles. The number of hydrogen-bond acceptors (Lipinski definition) is 4. The predicted octanol–water partition coefficient (Wildman–Crippen LogP) is 4.14. The zero-order valence-electron chi connectivity index (χ0n) is 11.6. The molecule has 2 rings (SSSR count). The Balaban J connectivity index is 1.91. The van der Waals surface area contributed by atoms with E-state index in [1.807, 2.05) is 31.7 Å². The van der Waals surface area contributed by atoms with Crippen molar-refractivity contribution in [3.8, 4) is 0 Å². The molecule has 104 valence electrons. The Morgan fingerprint density at radius 3 is 2.68 bits per heavy atom. The number of hydrogen-bond donors (Lipinski definition) is 0. The van der Waals surface area contributed by atoms with Crippen molar-refractivity contribution in [2.45, 2.75) is 38.7 Å². The minimum Gasteiger partial charge on any atom is -0.353 e. The Kier molecular flexibility index (Phi) is 5.89. The molecule has 0 unspecified atom stereocenters. The Hall–Kier alpha value is -0.840. The van der Waals surface area contributed by atoms with Crippen LogP contribution in [0.1, 0.15) is 32.3 Å². The third-order valence-electron chi connectivity index (χ3n) is 2.93. The summed E-state index contributed by atoms with van der Waals surface area (Å²) in [5, 5.41) is 1.18. The van der Waals surface area contributed by atoms with Crippen LogP contribution in [-0.2, 0) is 15.2 Å². The van der Waals surface area contributed by atoms with Gasteiger partial charge < -0.3 is 9.47 Å². The predicted molar refractivity (Wildman–Crippen MR) is 81.1 cm³/mol. The van der Waals surface area contributed by atoms with Crippen molar-refractivity contribution < 1.29 is 9.47 Å². The summed E-state index contributed by atoms with van der Waals surface area (Å²) >= 11 is 1.82. The first kappa shape index (κ1) is 14.6. The van der Waals surface area contributed by atoms with Gasteiger partial charge in [0.2, 0.25) is 0 Å². The van der Waals surface area contributed by atoms with E-state index in [0.717, 1.165) is 24.3 Å². The van der Waals surface area contributed by atoms with E-state index < -0.39 is 0 Å². The number of rotatable bonds is 7. The van der Waals surface area contributed by atoms with E-state index in [-0.39, 0.29) is 6.29 Å². The van der Waals surface area contributed by atoms with Crippen molar-refractivity contribution in [1.29, 1.82) is 0 Å². The van der Waals surface area contributed by atoms with Gasteiger partial charge in [0.1, 0.15) is 0 Å². The van der Waals surface area contributed by atoms with Gasteiger partial charge in [-0.3, -0.25) is 0 Å². The smallest absolute Gasteiger partial charge is 0.157 e. The molecule has 1 aromatic rings. The SMILES string of the molecule is CCOC(CCC1=Nc2ccccc2CS1)OCC. The Labute approximate surface area is 119 Å². The standard InChI is InChI=1S/C15H21NO2S/c1-3-17-15(18-4-2)10-9-14-16-13-8-6-5-7-12(13)11-19-14/h5-8,15H,3-4,9-11H2,1-2H3. The molecule has 0 saturated heterocycles. The van der Waals surface area contributed by atoms with Crippen LogP contribution in [-0.4, -0.2) is 24.5 Å². The molecule has 0 amide bonds. The van der Waals surface area contributed by atoms with Crippen LogP contribution in [0.15, 0.2) is 29.3 Å². The fraction of sp³-hybridized carbons (Fsp3) is 0.533. The number of ether oxygens (including phenoxy) is 2. The van der Waals surface area contributed by atoms with E-state index in [1.54, 1.807) is 0 Å². The number of para-hydroxylation sites is 1. The second-order valence-corrected chi connectivity index (χ2v) is 5.35. The summed E-state index contributed by atoms with van der Waals surface area (Å²) in [6.45, 7) is 5.37. The summed E-state index contributed by atoms with van der Waals surface area (Å²) in [6, 6.07) is 8.34. The van der Waals surface area contributed by atoms with E-state index in [0.29, 0.717) is 13.2 Å². The topological polar surface area (TPSA) is 30.8 Å². The monoisotopic (exact) mass is 279 g/mol. The molecule has 19 heavy (non-hydrogen) atoms. The molecule has 0 radical (unpaired) electrons. The van der Waals surface area contributed by atoms with Crippen LogP contribution in [0.3, 0.4) is 0 Å². The number of aliphatic imine (C=N–C) groups is 1. The molecular formula is C15H21NO2S. The van der Waals surface area contributed by atoms with E-state index in [1.165, 1.54) is 10.6 Å². The molecular weight excluding hydrogens is 258 g/mol. The maximum Gasteiger partial charge on any atom is 0.157 e. The van der Waals surface area contributed by atoms with E-state index >= 15 is 0 Å². The minimum absolute atomic E-state index is 0.101. The first-order valence-corrected chi connectivity index (χ1v) is 7.83. The molecule has 0 bridgehead atoms. The quantitative estimate of drug-likeness (QED) is 0.703. The fourth-order valence-corrected chi connectivity index (χ4v) is 3.02. The van der Waals surface area contributed by atoms with Gasteiger partial charge in [-0.1, -0.05) is 18.2 Å². The molecule has 1 aliphatic heterocycles. The summed E-state index contributed by atoms with van der Waals surface area (Å²) in [7, 11) is 0. The molecule has 1 aromatic carbocycles. The summed E-state index contributed by atoms with van der Waals surface area (Å²) in [6.07, 6.45) is 1.69. The van der Waals surface area contributed by atoms with Crippen molar-refractivity contribution in [2.75, 3.05) is 13.2 Å². The summed E-state index contributed by atoms with van der Waals surface area (Å²) < 4.78 is 11.1. The van der Waals surface area contributed by atoms with Gasteiger partial charge >= 0.3 is 0 Å². The zero-order chi connectivity index (χ0) is 13.5. The van der Waals surface area contributed by atoms with Gasteiger partial charge in [-0.2, -0.15) is 0 Å². The van der Waals surface area contributed by atoms with Gasteiger partial charge in [0.15, 0.2) is 6.29 Å². The van der Waals surface area contributed by atoms with Crippen LogP contribution in [0.4, 0.5) is 5.69 Å². The lowest BCUT2D eigenvalue weighted by Crippen LogP contribution is -2.18. The van der Waals surface area contributed by atoms with Gasteiger partial charge in [-0.15, -0.1) is 11.8 Å². The van der Waals surface area contributed by atoms with Crippen molar-refractivity contribution in [2.24, 2.45) is 4.99 Å². The molecule has 1 heterocycles. The second-order valence-electron chi connectivity index (χ2n) is 4.30.